The smallest absolute Gasteiger partial charge is 0.258 e. The van der Waals surface area contributed by atoms with Crippen molar-refractivity contribution in [2.24, 2.45) is 0 Å². The summed E-state index contributed by atoms with van der Waals surface area (Å²) < 4.78 is 32.3. The lowest BCUT2D eigenvalue weighted by molar-refractivity contribution is 0.102. The lowest BCUT2D eigenvalue weighted by Gasteiger charge is -2.08. The number of nitrogens with one attached hydrogen (secondary N) is 2. The first-order valence-corrected chi connectivity index (χ1v) is 8.01. The second-order valence-electron chi connectivity index (χ2n) is 5.55. The highest BCUT2D eigenvalue weighted by Crippen LogP contribution is 2.19. The lowest BCUT2D eigenvalue weighted by Crippen LogP contribution is -2.15. The van der Waals surface area contributed by atoms with Gasteiger partial charge in [-0.05, 0) is 29.8 Å². The second-order valence-corrected chi connectivity index (χ2v) is 5.55. The average molecular weight is 370 g/mol. The highest BCUT2D eigenvalue weighted by Gasteiger charge is 2.14. The van der Waals surface area contributed by atoms with Crippen molar-refractivity contribution in [1.29, 1.82) is 0 Å². The highest BCUT2D eigenvalue weighted by molar-refractivity contribution is 6.04. The Balaban J connectivity index is 1.61. The molecule has 8 heteroatoms. The summed E-state index contributed by atoms with van der Waals surface area (Å²) in [7, 11) is 1.60. The zero-order chi connectivity index (χ0) is 19.2. The Labute approximate surface area is 154 Å². The molecule has 6 nitrogen and oxygen atoms in total. The van der Waals surface area contributed by atoms with Crippen molar-refractivity contribution >= 4 is 17.5 Å². The summed E-state index contributed by atoms with van der Waals surface area (Å²) in [5, 5.41) is 5.20. The summed E-state index contributed by atoms with van der Waals surface area (Å²) in [5.41, 5.74) is 0.563. The Bertz CT molecular complexity index is 911. The molecule has 3 rings (SSSR count). The molecule has 0 bridgehead atoms. The highest BCUT2D eigenvalue weighted by atomic mass is 19.1. The first kappa shape index (κ1) is 18.2. The number of para-hydroxylation sites is 1. The minimum absolute atomic E-state index is 0.0765. The maximum atomic E-state index is 13.6. The number of amides is 1. The fourth-order valence-corrected chi connectivity index (χ4v) is 2.26. The van der Waals surface area contributed by atoms with Crippen molar-refractivity contribution in [2.75, 3.05) is 17.7 Å². The molecule has 3 aromatic rings. The number of hydrogen-bond acceptors (Lipinski definition) is 5. The number of halogens is 2. The van der Waals surface area contributed by atoms with Gasteiger partial charge in [-0.3, -0.25) is 4.79 Å². The van der Waals surface area contributed by atoms with E-state index in [1.807, 2.05) is 24.3 Å². The number of carbonyl (C=O) groups excluding carboxylic acids is 1. The summed E-state index contributed by atoms with van der Waals surface area (Å²) in [6, 6.07) is 10.8. The standard InChI is InChI=1S/C19H16F2N4O2/c1-27-14-7-5-12(6-8-14)9-22-19-23-10-13(11-24-19)18(26)25-17-15(20)3-2-4-16(17)21/h2-8,10-11H,9H2,1H3,(H,25,26)(H,22,23,24). The van der Waals surface area contributed by atoms with E-state index in [-0.39, 0.29) is 5.56 Å². The van der Waals surface area contributed by atoms with E-state index in [0.717, 1.165) is 23.4 Å². The molecular formula is C19H16F2N4O2. The van der Waals surface area contributed by atoms with E-state index in [1.165, 1.54) is 18.5 Å². The molecule has 0 aliphatic rings. The van der Waals surface area contributed by atoms with Crippen LogP contribution in [0.3, 0.4) is 0 Å². The van der Waals surface area contributed by atoms with Gasteiger partial charge in [0.1, 0.15) is 23.1 Å². The van der Waals surface area contributed by atoms with Crippen LogP contribution in [0.15, 0.2) is 54.9 Å². The summed E-state index contributed by atoms with van der Waals surface area (Å²) in [4.78, 5) is 20.2. The van der Waals surface area contributed by atoms with Gasteiger partial charge >= 0.3 is 0 Å². The van der Waals surface area contributed by atoms with Crippen molar-refractivity contribution in [1.82, 2.24) is 9.97 Å². The lowest BCUT2D eigenvalue weighted by atomic mass is 10.2. The zero-order valence-corrected chi connectivity index (χ0v) is 14.4. The average Bonchev–Trinajstić information content (AvgIpc) is 2.70. The van der Waals surface area contributed by atoms with E-state index in [2.05, 4.69) is 20.6 Å². The number of rotatable bonds is 6. The molecule has 138 valence electrons. The van der Waals surface area contributed by atoms with Crippen molar-refractivity contribution < 1.29 is 18.3 Å². The number of aromatic nitrogens is 2. The molecule has 2 aromatic carbocycles. The fraction of sp³-hybridized carbons (Fsp3) is 0.105. The minimum atomic E-state index is -0.859. The van der Waals surface area contributed by atoms with Gasteiger partial charge in [0.2, 0.25) is 5.95 Å². The number of benzene rings is 2. The van der Waals surface area contributed by atoms with Crippen molar-refractivity contribution in [3.63, 3.8) is 0 Å². The third-order valence-electron chi connectivity index (χ3n) is 3.73. The quantitative estimate of drug-likeness (QED) is 0.693. The van der Waals surface area contributed by atoms with Gasteiger partial charge in [0.15, 0.2) is 0 Å². The van der Waals surface area contributed by atoms with Crippen LogP contribution < -0.4 is 15.4 Å². The Hall–Kier alpha value is -3.55. The molecule has 0 saturated heterocycles. The SMILES string of the molecule is COc1ccc(CNc2ncc(C(=O)Nc3c(F)cccc3F)cn2)cc1. The van der Waals surface area contributed by atoms with Crippen molar-refractivity contribution in [3.8, 4) is 5.75 Å². The number of nitrogens with zero attached hydrogens (tertiary/aromatic N) is 2. The number of ether oxygens (including phenoxy) is 1. The van der Waals surface area contributed by atoms with Crippen LogP contribution in [-0.2, 0) is 6.54 Å². The van der Waals surface area contributed by atoms with Gasteiger partial charge in [-0.2, -0.15) is 0 Å². The number of hydrogen-bond donors (Lipinski definition) is 2. The third kappa shape index (κ3) is 4.55. The molecule has 0 saturated carbocycles. The monoisotopic (exact) mass is 370 g/mol. The molecule has 0 aliphatic heterocycles. The van der Waals surface area contributed by atoms with Gasteiger partial charge in [-0.25, -0.2) is 18.7 Å². The van der Waals surface area contributed by atoms with Crippen LogP contribution in [0.2, 0.25) is 0 Å². The largest absolute Gasteiger partial charge is 0.497 e. The van der Waals surface area contributed by atoms with Crippen molar-refractivity contribution in [2.45, 2.75) is 6.54 Å². The van der Waals surface area contributed by atoms with Crippen LogP contribution >= 0.6 is 0 Å². The van der Waals surface area contributed by atoms with Gasteiger partial charge in [0, 0.05) is 18.9 Å². The Morgan fingerprint density at radius 3 is 2.26 bits per heavy atom. The normalized spacial score (nSPS) is 10.3. The molecule has 0 unspecified atom stereocenters. The molecule has 0 spiro atoms. The number of anilines is 2. The van der Waals surface area contributed by atoms with Gasteiger partial charge in [0.05, 0.1) is 12.7 Å². The number of methoxy groups -OCH3 is 1. The topological polar surface area (TPSA) is 76.1 Å². The van der Waals surface area contributed by atoms with Crippen LogP contribution in [0.4, 0.5) is 20.4 Å². The van der Waals surface area contributed by atoms with E-state index in [9.17, 15) is 13.6 Å². The second kappa shape index (κ2) is 8.22. The molecule has 0 aliphatic carbocycles. The third-order valence-corrected chi connectivity index (χ3v) is 3.73. The molecule has 0 atom stereocenters. The molecular weight excluding hydrogens is 354 g/mol. The van der Waals surface area contributed by atoms with Gasteiger partial charge in [-0.1, -0.05) is 18.2 Å². The molecule has 2 N–H and O–H groups in total. The predicted molar refractivity (Wildman–Crippen MR) is 96.7 cm³/mol. The molecule has 0 fully saturated rings. The summed E-state index contributed by atoms with van der Waals surface area (Å²) in [6.45, 7) is 0.482. The first-order valence-electron chi connectivity index (χ1n) is 8.01. The van der Waals surface area contributed by atoms with E-state index >= 15 is 0 Å². The maximum Gasteiger partial charge on any atom is 0.258 e. The molecule has 27 heavy (non-hydrogen) atoms. The Kier molecular flexibility index (Phi) is 5.55. The maximum absolute atomic E-state index is 13.6. The van der Waals surface area contributed by atoms with Gasteiger partial charge < -0.3 is 15.4 Å². The predicted octanol–water partition coefficient (Wildman–Crippen LogP) is 3.63. The van der Waals surface area contributed by atoms with E-state index in [4.69, 9.17) is 4.74 Å². The molecule has 1 amide bonds. The van der Waals surface area contributed by atoms with Crippen LogP contribution in [0, 0.1) is 11.6 Å². The summed E-state index contributed by atoms with van der Waals surface area (Å²) in [6.07, 6.45) is 2.55. The van der Waals surface area contributed by atoms with E-state index < -0.39 is 23.2 Å². The van der Waals surface area contributed by atoms with Gasteiger partial charge in [0.25, 0.3) is 5.91 Å². The summed E-state index contributed by atoms with van der Waals surface area (Å²) >= 11 is 0. The number of carbonyl (C=O) groups is 1. The van der Waals surface area contributed by atoms with Crippen LogP contribution in [0.5, 0.6) is 5.75 Å². The molecule has 1 heterocycles. The van der Waals surface area contributed by atoms with E-state index in [1.54, 1.807) is 7.11 Å². The minimum Gasteiger partial charge on any atom is -0.497 e. The van der Waals surface area contributed by atoms with Crippen LogP contribution in [0.25, 0.3) is 0 Å². The van der Waals surface area contributed by atoms with Crippen molar-refractivity contribution in [3.05, 3.63) is 77.6 Å². The Morgan fingerprint density at radius 2 is 1.67 bits per heavy atom. The van der Waals surface area contributed by atoms with Gasteiger partial charge in [-0.15, -0.1) is 0 Å². The summed E-state index contributed by atoms with van der Waals surface area (Å²) in [5.74, 6) is -1.35. The molecule has 0 radical (unpaired) electrons. The Morgan fingerprint density at radius 1 is 1.04 bits per heavy atom. The fourth-order valence-electron chi connectivity index (χ4n) is 2.26. The van der Waals surface area contributed by atoms with E-state index in [0.29, 0.717) is 12.5 Å². The zero-order valence-electron chi connectivity index (χ0n) is 14.4. The van der Waals surface area contributed by atoms with Crippen LogP contribution in [0.1, 0.15) is 15.9 Å². The molecule has 1 aromatic heterocycles. The van der Waals surface area contributed by atoms with Crippen LogP contribution in [-0.4, -0.2) is 23.0 Å². The first-order chi connectivity index (χ1) is 13.1.